The normalized spacial score (nSPS) is 10.2. The van der Waals surface area contributed by atoms with Crippen LogP contribution < -0.4 is 21.1 Å². The van der Waals surface area contributed by atoms with Gasteiger partial charge in [-0.15, -0.1) is 12.4 Å². The van der Waals surface area contributed by atoms with Gasteiger partial charge >= 0.3 is 6.03 Å². The van der Waals surface area contributed by atoms with E-state index in [0.717, 1.165) is 28.2 Å². The number of methoxy groups -OCH3 is 1. The average molecular weight is 410 g/mol. The Morgan fingerprint density at radius 2 is 1.62 bits per heavy atom. The van der Waals surface area contributed by atoms with Crippen LogP contribution in [0.25, 0.3) is 22.4 Å². The third-order valence-electron chi connectivity index (χ3n) is 4.27. The average Bonchev–Trinajstić information content (AvgIpc) is 3.13. The number of nitrogens with one attached hydrogen (secondary N) is 3. The van der Waals surface area contributed by atoms with Crippen molar-refractivity contribution in [3.8, 4) is 17.1 Å². The molecule has 0 atom stereocenters. The number of rotatable bonds is 4. The summed E-state index contributed by atoms with van der Waals surface area (Å²) < 4.78 is 5.18. The number of nitrogens with two attached hydrogens (primary N) is 1. The molecule has 0 unspecified atom stereocenters. The predicted octanol–water partition coefficient (Wildman–Crippen LogP) is 4.89. The van der Waals surface area contributed by atoms with E-state index in [-0.39, 0.29) is 18.4 Å². The molecule has 0 spiro atoms. The first-order valence-electron chi connectivity index (χ1n) is 8.68. The highest BCUT2D eigenvalue weighted by atomic mass is 35.5. The molecule has 0 aliphatic heterocycles. The highest BCUT2D eigenvalue weighted by Crippen LogP contribution is 2.24. The number of fused-ring (bicyclic) bond motifs is 1. The maximum Gasteiger partial charge on any atom is 0.323 e. The van der Waals surface area contributed by atoms with Gasteiger partial charge in [0.05, 0.1) is 18.1 Å². The quantitative estimate of drug-likeness (QED) is 0.360. The van der Waals surface area contributed by atoms with E-state index in [4.69, 9.17) is 10.5 Å². The van der Waals surface area contributed by atoms with E-state index >= 15 is 0 Å². The van der Waals surface area contributed by atoms with E-state index in [9.17, 15) is 4.79 Å². The molecule has 0 bridgehead atoms. The van der Waals surface area contributed by atoms with E-state index in [1.54, 1.807) is 31.4 Å². The summed E-state index contributed by atoms with van der Waals surface area (Å²) in [6, 6.07) is 19.8. The molecule has 0 saturated carbocycles. The Morgan fingerprint density at radius 3 is 2.31 bits per heavy atom. The van der Waals surface area contributed by atoms with Crippen molar-refractivity contribution in [1.82, 2.24) is 9.97 Å². The summed E-state index contributed by atoms with van der Waals surface area (Å²) in [5.41, 5.74) is 10.2. The van der Waals surface area contributed by atoms with Crippen LogP contribution in [0.5, 0.6) is 5.75 Å². The first-order chi connectivity index (χ1) is 13.6. The topological polar surface area (TPSA) is 105 Å². The number of ether oxygens (including phenoxy) is 1. The lowest BCUT2D eigenvalue weighted by Crippen LogP contribution is -2.19. The molecule has 5 N–H and O–H groups in total. The van der Waals surface area contributed by atoms with E-state index in [1.807, 2.05) is 42.5 Å². The van der Waals surface area contributed by atoms with Crippen molar-refractivity contribution >= 4 is 46.5 Å². The molecule has 148 valence electrons. The van der Waals surface area contributed by atoms with Crippen LogP contribution in [0.1, 0.15) is 0 Å². The van der Waals surface area contributed by atoms with Gasteiger partial charge in [-0.2, -0.15) is 0 Å². The summed E-state index contributed by atoms with van der Waals surface area (Å²) in [5, 5.41) is 5.58. The van der Waals surface area contributed by atoms with Gasteiger partial charge in [-0.25, -0.2) is 9.78 Å². The second-order valence-electron chi connectivity index (χ2n) is 6.25. The lowest BCUT2D eigenvalue weighted by atomic mass is 10.2. The lowest BCUT2D eigenvalue weighted by molar-refractivity contribution is 0.262. The van der Waals surface area contributed by atoms with Gasteiger partial charge in [-0.3, -0.25) is 0 Å². The fraction of sp³-hybridized carbons (Fsp3) is 0.0476. The number of amides is 2. The van der Waals surface area contributed by atoms with Crippen LogP contribution in [0.2, 0.25) is 0 Å². The first kappa shape index (κ1) is 20.0. The molecule has 0 radical (unpaired) electrons. The zero-order chi connectivity index (χ0) is 19.5. The van der Waals surface area contributed by atoms with Crippen LogP contribution in [-0.4, -0.2) is 23.1 Å². The summed E-state index contributed by atoms with van der Waals surface area (Å²) >= 11 is 0. The zero-order valence-electron chi connectivity index (χ0n) is 15.6. The minimum absolute atomic E-state index is 0. The van der Waals surface area contributed by atoms with Crippen molar-refractivity contribution in [2.45, 2.75) is 0 Å². The summed E-state index contributed by atoms with van der Waals surface area (Å²) in [5.74, 6) is 1.54. The van der Waals surface area contributed by atoms with Gasteiger partial charge in [0, 0.05) is 22.6 Å². The van der Waals surface area contributed by atoms with Crippen molar-refractivity contribution < 1.29 is 9.53 Å². The number of nitrogens with zero attached hydrogens (tertiary/aromatic N) is 1. The number of aromatic amines is 1. The largest absolute Gasteiger partial charge is 0.497 e. The smallest absolute Gasteiger partial charge is 0.323 e. The maximum absolute atomic E-state index is 12.2. The van der Waals surface area contributed by atoms with Crippen LogP contribution in [0.3, 0.4) is 0 Å². The number of hydrogen-bond acceptors (Lipinski definition) is 4. The summed E-state index contributed by atoms with van der Waals surface area (Å²) in [6.45, 7) is 0. The Labute approximate surface area is 173 Å². The van der Waals surface area contributed by atoms with E-state index in [2.05, 4.69) is 20.6 Å². The molecule has 1 aromatic heterocycles. The van der Waals surface area contributed by atoms with Gasteiger partial charge in [0.25, 0.3) is 0 Å². The Bertz CT molecular complexity index is 1120. The number of urea groups is 1. The molecule has 29 heavy (non-hydrogen) atoms. The van der Waals surface area contributed by atoms with E-state index < -0.39 is 0 Å². The van der Waals surface area contributed by atoms with Gasteiger partial charge < -0.3 is 26.1 Å². The zero-order valence-corrected chi connectivity index (χ0v) is 16.4. The molecule has 0 aliphatic rings. The third-order valence-corrected chi connectivity index (χ3v) is 4.27. The molecule has 0 fully saturated rings. The fourth-order valence-corrected chi connectivity index (χ4v) is 2.83. The molecule has 8 heteroatoms. The number of hydrogen-bond donors (Lipinski definition) is 4. The van der Waals surface area contributed by atoms with Gasteiger partial charge in [-0.05, 0) is 66.7 Å². The summed E-state index contributed by atoms with van der Waals surface area (Å²) in [7, 11) is 1.63. The molecular weight excluding hydrogens is 390 g/mol. The number of halogens is 1. The SMILES string of the molecule is COc1ccc(-c2nc3ccc(NC(=O)Nc4ccc(N)cc4)cc3[nH]2)cc1.Cl. The maximum atomic E-state index is 12.2. The number of anilines is 3. The number of nitrogen functional groups attached to an aromatic ring is 1. The van der Waals surface area contributed by atoms with Crippen LogP contribution in [0, 0.1) is 0 Å². The highest BCUT2D eigenvalue weighted by molar-refractivity contribution is 6.00. The molecule has 0 aliphatic carbocycles. The monoisotopic (exact) mass is 409 g/mol. The van der Waals surface area contributed by atoms with Crippen LogP contribution >= 0.6 is 12.4 Å². The molecule has 4 rings (SSSR count). The Hall–Kier alpha value is -3.71. The number of carbonyl (C=O) groups excluding carboxylic acids is 1. The molecule has 7 nitrogen and oxygen atoms in total. The van der Waals surface area contributed by atoms with Crippen LogP contribution in [0.4, 0.5) is 21.9 Å². The van der Waals surface area contributed by atoms with Gasteiger partial charge in [0.1, 0.15) is 11.6 Å². The highest BCUT2D eigenvalue weighted by Gasteiger charge is 2.08. The first-order valence-corrected chi connectivity index (χ1v) is 8.68. The molecule has 2 amide bonds. The van der Waals surface area contributed by atoms with Crippen molar-refractivity contribution in [2.75, 3.05) is 23.5 Å². The predicted molar refractivity (Wildman–Crippen MR) is 119 cm³/mol. The second kappa shape index (κ2) is 8.53. The summed E-state index contributed by atoms with van der Waals surface area (Å²) in [4.78, 5) is 20.1. The number of aromatic nitrogens is 2. The van der Waals surface area contributed by atoms with E-state index in [0.29, 0.717) is 17.1 Å². The van der Waals surface area contributed by atoms with Crippen molar-refractivity contribution in [3.05, 3.63) is 66.7 Å². The number of imidazole rings is 1. The van der Waals surface area contributed by atoms with Crippen molar-refractivity contribution in [1.29, 1.82) is 0 Å². The number of benzene rings is 3. The van der Waals surface area contributed by atoms with Crippen molar-refractivity contribution in [2.24, 2.45) is 0 Å². The van der Waals surface area contributed by atoms with Gasteiger partial charge in [0.2, 0.25) is 0 Å². The lowest BCUT2D eigenvalue weighted by Gasteiger charge is -2.07. The van der Waals surface area contributed by atoms with Gasteiger partial charge in [0.15, 0.2) is 0 Å². The number of carbonyl (C=O) groups is 1. The molecule has 3 aromatic carbocycles. The molecule has 0 saturated heterocycles. The van der Waals surface area contributed by atoms with Crippen LogP contribution in [0.15, 0.2) is 66.7 Å². The minimum Gasteiger partial charge on any atom is -0.497 e. The number of H-pyrrole nitrogens is 1. The van der Waals surface area contributed by atoms with Gasteiger partial charge in [-0.1, -0.05) is 0 Å². The Morgan fingerprint density at radius 1 is 0.966 bits per heavy atom. The standard InChI is InChI=1S/C21H19N5O2.ClH/c1-28-17-9-2-13(3-10-17)20-25-18-11-8-16(12-19(18)26-20)24-21(27)23-15-6-4-14(22)5-7-15;/h2-12H,22H2,1H3,(H,25,26)(H2,23,24,27);1H. The summed E-state index contributed by atoms with van der Waals surface area (Å²) in [6.07, 6.45) is 0. The molecule has 1 heterocycles. The fourth-order valence-electron chi connectivity index (χ4n) is 2.83. The van der Waals surface area contributed by atoms with Crippen LogP contribution in [-0.2, 0) is 0 Å². The Kier molecular flexibility index (Phi) is 5.90. The second-order valence-corrected chi connectivity index (χ2v) is 6.25. The van der Waals surface area contributed by atoms with Crippen molar-refractivity contribution in [3.63, 3.8) is 0 Å². The minimum atomic E-state index is -0.334. The Balaban J connectivity index is 0.00000240. The van der Waals surface area contributed by atoms with E-state index in [1.165, 1.54) is 0 Å². The third kappa shape index (κ3) is 4.59. The molecule has 4 aromatic rings. The molecular formula is C21H20ClN5O2.